The fourth-order valence-electron chi connectivity index (χ4n) is 4.40. The van der Waals surface area contributed by atoms with Gasteiger partial charge >= 0.3 is 0 Å². The first-order valence-corrected chi connectivity index (χ1v) is 11.5. The molecule has 2 aromatic carbocycles. The maximum atomic E-state index is 13.7. The molecule has 0 saturated carbocycles. The number of nitrogens with zero attached hydrogens (tertiary/aromatic N) is 2. The molecule has 1 aliphatic heterocycles. The van der Waals surface area contributed by atoms with Crippen LogP contribution in [0, 0.1) is 0 Å². The van der Waals surface area contributed by atoms with Gasteiger partial charge in [-0.15, -0.1) is 0 Å². The van der Waals surface area contributed by atoms with Gasteiger partial charge in [0.2, 0.25) is 5.91 Å². The predicted molar refractivity (Wildman–Crippen MR) is 130 cm³/mol. The minimum Gasteiger partial charge on any atom is -0.463 e. The van der Waals surface area contributed by atoms with E-state index in [2.05, 4.69) is 5.32 Å². The molecule has 0 fully saturated rings. The number of rotatable bonds is 6. The van der Waals surface area contributed by atoms with Crippen LogP contribution >= 0.6 is 11.6 Å². The molecular formula is C27H24ClN3O3. The Labute approximate surface area is 202 Å². The van der Waals surface area contributed by atoms with Crippen molar-refractivity contribution in [2.24, 2.45) is 0 Å². The Bertz CT molecular complexity index is 1310. The highest BCUT2D eigenvalue weighted by molar-refractivity contribution is 6.30. The van der Waals surface area contributed by atoms with E-state index in [0.717, 1.165) is 16.8 Å². The van der Waals surface area contributed by atoms with E-state index >= 15 is 0 Å². The highest BCUT2D eigenvalue weighted by Crippen LogP contribution is 2.34. The van der Waals surface area contributed by atoms with Crippen LogP contribution in [0.1, 0.15) is 28.5 Å². The number of benzene rings is 2. The Kier molecular flexibility index (Phi) is 5.75. The van der Waals surface area contributed by atoms with Gasteiger partial charge in [0.25, 0.3) is 5.91 Å². The fraction of sp³-hybridized carbons (Fsp3) is 0.185. The number of aromatic nitrogens is 1. The fourth-order valence-corrected chi connectivity index (χ4v) is 4.53. The Hall–Kier alpha value is -3.77. The van der Waals surface area contributed by atoms with Gasteiger partial charge in [-0.25, -0.2) is 0 Å². The highest BCUT2D eigenvalue weighted by Gasteiger charge is 2.47. The molecule has 0 aliphatic carbocycles. The Balaban J connectivity index is 1.50. The average molecular weight is 474 g/mol. The van der Waals surface area contributed by atoms with Gasteiger partial charge in [0.15, 0.2) is 0 Å². The third-order valence-electron chi connectivity index (χ3n) is 6.32. The average Bonchev–Trinajstić information content (AvgIpc) is 3.52. The third kappa shape index (κ3) is 4.01. The van der Waals surface area contributed by atoms with E-state index in [4.69, 9.17) is 16.0 Å². The lowest BCUT2D eigenvalue weighted by Crippen LogP contribution is -2.63. The molecule has 0 bridgehead atoms. The minimum atomic E-state index is -1.12. The van der Waals surface area contributed by atoms with Crippen molar-refractivity contribution in [2.45, 2.75) is 32.1 Å². The first-order valence-electron chi connectivity index (χ1n) is 11.1. The number of halogens is 1. The van der Waals surface area contributed by atoms with Gasteiger partial charge in [0, 0.05) is 18.1 Å². The van der Waals surface area contributed by atoms with E-state index in [9.17, 15) is 9.59 Å². The van der Waals surface area contributed by atoms with E-state index in [1.54, 1.807) is 35.4 Å². The quantitative estimate of drug-likeness (QED) is 0.422. The van der Waals surface area contributed by atoms with E-state index in [1.807, 2.05) is 66.1 Å². The largest absolute Gasteiger partial charge is 0.463 e. The van der Waals surface area contributed by atoms with Crippen LogP contribution < -0.4 is 5.32 Å². The summed E-state index contributed by atoms with van der Waals surface area (Å²) in [6.07, 6.45) is 1.60. The summed E-state index contributed by atoms with van der Waals surface area (Å²) in [5, 5.41) is 3.67. The van der Waals surface area contributed by atoms with E-state index in [-0.39, 0.29) is 11.8 Å². The second-order valence-corrected chi connectivity index (χ2v) is 9.06. The molecule has 1 aliphatic rings. The summed E-state index contributed by atoms with van der Waals surface area (Å²) in [5.74, 6) is 0.230. The third-order valence-corrected chi connectivity index (χ3v) is 6.57. The molecule has 0 spiro atoms. The Morgan fingerprint density at radius 1 is 0.971 bits per heavy atom. The summed E-state index contributed by atoms with van der Waals surface area (Å²) in [5.41, 5.74) is 2.07. The molecule has 0 saturated heterocycles. The first kappa shape index (κ1) is 22.0. The number of carbonyl (C=O) groups is 2. The zero-order valence-electron chi connectivity index (χ0n) is 18.7. The molecule has 1 atom stereocenters. The topological polar surface area (TPSA) is 67.5 Å². The molecule has 4 aromatic rings. The number of furan rings is 1. The lowest BCUT2D eigenvalue weighted by Gasteiger charge is -2.44. The molecule has 7 heteroatoms. The predicted octanol–water partition coefficient (Wildman–Crippen LogP) is 5.13. The molecule has 1 N–H and O–H groups in total. The smallest absolute Gasteiger partial charge is 0.271 e. The van der Waals surface area contributed by atoms with Crippen molar-refractivity contribution < 1.29 is 14.0 Å². The van der Waals surface area contributed by atoms with Crippen molar-refractivity contribution >= 4 is 23.4 Å². The van der Waals surface area contributed by atoms with Gasteiger partial charge in [-0.2, -0.15) is 0 Å². The van der Waals surface area contributed by atoms with Crippen molar-refractivity contribution in [1.29, 1.82) is 0 Å². The summed E-state index contributed by atoms with van der Waals surface area (Å²) in [7, 11) is 0. The molecule has 2 aromatic heterocycles. The maximum absolute atomic E-state index is 13.7. The van der Waals surface area contributed by atoms with Gasteiger partial charge in [-0.3, -0.25) is 9.59 Å². The van der Waals surface area contributed by atoms with Crippen molar-refractivity contribution in [2.75, 3.05) is 0 Å². The molecule has 2 amide bonds. The van der Waals surface area contributed by atoms with Gasteiger partial charge in [0.1, 0.15) is 17.0 Å². The summed E-state index contributed by atoms with van der Waals surface area (Å²) < 4.78 is 7.47. The van der Waals surface area contributed by atoms with Gasteiger partial charge < -0.3 is 19.2 Å². The normalized spacial score (nSPS) is 17.5. The van der Waals surface area contributed by atoms with Crippen LogP contribution in [0.4, 0.5) is 0 Å². The van der Waals surface area contributed by atoms with Crippen LogP contribution in [0.2, 0.25) is 5.02 Å². The molecule has 6 nitrogen and oxygen atoms in total. The number of carbonyl (C=O) groups excluding carboxylic acids is 2. The molecule has 5 rings (SSSR count). The van der Waals surface area contributed by atoms with Crippen molar-refractivity contribution in [3.63, 3.8) is 0 Å². The highest BCUT2D eigenvalue weighted by atomic mass is 35.5. The van der Waals surface area contributed by atoms with Crippen LogP contribution in [0.25, 0.3) is 11.5 Å². The first-order chi connectivity index (χ1) is 16.5. The zero-order chi connectivity index (χ0) is 23.7. The summed E-state index contributed by atoms with van der Waals surface area (Å²) >= 11 is 5.98. The molecule has 3 heterocycles. The Morgan fingerprint density at radius 3 is 2.41 bits per heavy atom. The number of nitrogens with one attached hydrogen (secondary N) is 1. The van der Waals surface area contributed by atoms with Gasteiger partial charge in [-0.1, -0.05) is 54.1 Å². The van der Waals surface area contributed by atoms with Crippen LogP contribution in [0.5, 0.6) is 0 Å². The van der Waals surface area contributed by atoms with E-state index in [0.29, 0.717) is 36.1 Å². The molecule has 34 heavy (non-hydrogen) atoms. The van der Waals surface area contributed by atoms with Crippen LogP contribution in [-0.4, -0.2) is 26.8 Å². The number of hydrogen-bond donors (Lipinski definition) is 1. The zero-order valence-corrected chi connectivity index (χ0v) is 19.5. The summed E-state index contributed by atoms with van der Waals surface area (Å²) in [6, 6.07) is 24.3. The lowest BCUT2D eigenvalue weighted by atomic mass is 9.93. The number of amides is 2. The van der Waals surface area contributed by atoms with Crippen LogP contribution in [0.3, 0.4) is 0 Å². The van der Waals surface area contributed by atoms with Crippen LogP contribution in [-0.2, 0) is 24.4 Å². The van der Waals surface area contributed by atoms with Crippen LogP contribution in [0.15, 0.2) is 89.5 Å². The van der Waals surface area contributed by atoms with Gasteiger partial charge in [-0.05, 0) is 54.4 Å². The SMILES string of the molecule is C[C@@]1(C(=O)NCc2ccc(Cl)cc2)Cn2c(ccc2-c2ccco2)C(=O)N1Cc1ccccc1. The van der Waals surface area contributed by atoms with Gasteiger partial charge in [0.05, 0.1) is 18.5 Å². The van der Waals surface area contributed by atoms with E-state index in [1.165, 1.54) is 0 Å². The monoisotopic (exact) mass is 473 g/mol. The molecular weight excluding hydrogens is 450 g/mol. The molecule has 0 unspecified atom stereocenters. The lowest BCUT2D eigenvalue weighted by molar-refractivity contribution is -0.133. The molecule has 0 radical (unpaired) electrons. The van der Waals surface area contributed by atoms with Crippen molar-refractivity contribution in [3.8, 4) is 11.5 Å². The summed E-state index contributed by atoms with van der Waals surface area (Å²) in [6.45, 7) is 2.78. The Morgan fingerprint density at radius 2 is 1.71 bits per heavy atom. The van der Waals surface area contributed by atoms with Crippen molar-refractivity contribution in [1.82, 2.24) is 14.8 Å². The second kappa shape index (κ2) is 8.88. The second-order valence-electron chi connectivity index (χ2n) is 8.63. The minimum absolute atomic E-state index is 0.197. The summed E-state index contributed by atoms with van der Waals surface area (Å²) in [4.78, 5) is 29.1. The van der Waals surface area contributed by atoms with Crippen molar-refractivity contribution in [3.05, 3.63) is 107 Å². The standard InChI is InChI=1S/C27H24ClN3O3/c1-27(26(33)29-16-19-9-11-21(28)12-10-19)18-30-22(24-8-5-15-34-24)13-14-23(30)25(32)31(27)17-20-6-3-2-4-7-20/h2-15H,16-18H2,1H3,(H,29,33)/t27-/m0/s1. The molecule has 172 valence electrons. The van der Waals surface area contributed by atoms with E-state index < -0.39 is 5.54 Å². The maximum Gasteiger partial charge on any atom is 0.271 e. The number of hydrogen-bond acceptors (Lipinski definition) is 3. The number of fused-ring (bicyclic) bond motifs is 1.